The van der Waals surface area contributed by atoms with Gasteiger partial charge in [-0.05, 0) is 60.7 Å². The van der Waals surface area contributed by atoms with Gasteiger partial charge in [-0.3, -0.25) is 0 Å². The number of hydrogen-bond acceptors (Lipinski definition) is 11. The molecule has 0 amide bonds. The fourth-order valence-corrected chi connectivity index (χ4v) is 4.80. The summed E-state index contributed by atoms with van der Waals surface area (Å²) in [5.74, 6) is -3.07. The molecule has 0 aromatic heterocycles. The molecule has 0 spiro atoms. The Morgan fingerprint density at radius 1 is 0.565 bits per heavy atom. The van der Waals surface area contributed by atoms with E-state index in [1.165, 1.54) is 36.4 Å². The van der Waals surface area contributed by atoms with Crippen molar-refractivity contribution in [3.05, 3.63) is 144 Å². The van der Waals surface area contributed by atoms with Crippen LogP contribution in [0.15, 0.2) is 126 Å². The summed E-state index contributed by atoms with van der Waals surface area (Å²) in [5, 5.41) is 2.21. The first-order valence-corrected chi connectivity index (χ1v) is 14.6. The minimum atomic E-state index is -1.50. The predicted octanol–water partition coefficient (Wildman–Crippen LogP) is 5.35. The first-order chi connectivity index (χ1) is 22.4. The van der Waals surface area contributed by atoms with E-state index >= 15 is 0 Å². The molecule has 1 saturated heterocycles. The van der Waals surface area contributed by atoms with Gasteiger partial charge in [-0.15, -0.1) is 0 Å². The van der Waals surface area contributed by atoms with Gasteiger partial charge in [0.25, 0.3) is 0 Å². The zero-order chi connectivity index (χ0) is 32.3. The molecule has 5 atom stereocenters. The number of rotatable bonds is 10. The van der Waals surface area contributed by atoms with Gasteiger partial charge in [0.2, 0.25) is 0 Å². The van der Waals surface area contributed by atoms with Gasteiger partial charge in [0.1, 0.15) is 12.7 Å². The Bertz CT molecular complexity index is 1700. The normalized spacial score (nSPS) is 20.3. The Kier molecular flexibility index (Phi) is 10.8. The molecule has 1 aliphatic rings. The molecular formula is C35H27NO9S. The number of nitrogens with zero attached hydrogens (tertiary/aromatic N) is 1. The first-order valence-electron chi connectivity index (χ1n) is 14.2. The second-order valence-corrected chi connectivity index (χ2v) is 10.1. The lowest BCUT2D eigenvalue weighted by molar-refractivity contribution is -0.226. The van der Waals surface area contributed by atoms with Gasteiger partial charge >= 0.3 is 23.9 Å². The molecular weight excluding hydrogens is 610 g/mol. The van der Waals surface area contributed by atoms with Crippen LogP contribution >= 0.6 is 12.2 Å². The molecule has 5 rings (SSSR count). The van der Waals surface area contributed by atoms with Crippen molar-refractivity contribution in [1.82, 2.24) is 0 Å². The summed E-state index contributed by atoms with van der Waals surface area (Å²) in [6.45, 7) is -0.456. The van der Waals surface area contributed by atoms with Crippen LogP contribution in [0.4, 0.5) is 0 Å². The van der Waals surface area contributed by atoms with Crippen LogP contribution in [-0.2, 0) is 23.7 Å². The standard InChI is InChI=1S/C35H27NO9S/c37-32(23-13-5-1-6-14-23)41-21-27-28(43-33(38)24-15-7-2-8-16-24)29(44-34(39)25-17-9-3-10-18-25)30(31(42-27)36-22-46)45-35(40)26-19-11-4-12-20-26/h1-20,27-31H,21H2. The van der Waals surface area contributed by atoms with E-state index < -0.39 is 61.1 Å². The third kappa shape index (κ3) is 7.96. The summed E-state index contributed by atoms with van der Waals surface area (Å²) >= 11 is 4.85. The maximum absolute atomic E-state index is 13.4. The molecule has 46 heavy (non-hydrogen) atoms. The highest BCUT2D eigenvalue weighted by atomic mass is 32.1. The van der Waals surface area contributed by atoms with Crippen molar-refractivity contribution in [1.29, 1.82) is 0 Å². The van der Waals surface area contributed by atoms with Crippen molar-refractivity contribution in [3.8, 4) is 0 Å². The van der Waals surface area contributed by atoms with E-state index in [-0.39, 0.29) is 22.3 Å². The number of isothiocyanates is 1. The van der Waals surface area contributed by atoms with Gasteiger partial charge in [-0.25, -0.2) is 19.2 Å². The molecule has 0 saturated carbocycles. The molecule has 0 N–H and O–H groups in total. The molecule has 1 fully saturated rings. The molecule has 5 unspecified atom stereocenters. The molecule has 0 radical (unpaired) electrons. The quantitative estimate of drug-likeness (QED) is 0.0972. The fourth-order valence-electron chi connectivity index (χ4n) is 4.70. The highest BCUT2D eigenvalue weighted by Crippen LogP contribution is 2.31. The van der Waals surface area contributed by atoms with Crippen molar-refractivity contribution < 1.29 is 42.9 Å². The SMILES string of the molecule is O=C(OCC1OC(N=C=S)C(OC(=O)c2ccccc2)C(OC(=O)c2ccccc2)C1OC(=O)c1ccccc1)c1ccccc1. The molecule has 0 bridgehead atoms. The van der Waals surface area contributed by atoms with Crippen LogP contribution in [0, 0.1) is 0 Å². The third-order valence-electron chi connectivity index (χ3n) is 6.94. The Labute approximate surface area is 269 Å². The smallest absolute Gasteiger partial charge is 0.338 e. The number of carbonyl (C=O) groups is 4. The summed E-state index contributed by atoms with van der Waals surface area (Å²) in [6.07, 6.45) is -7.05. The average molecular weight is 638 g/mol. The van der Waals surface area contributed by atoms with E-state index in [0.29, 0.717) is 0 Å². The van der Waals surface area contributed by atoms with E-state index in [9.17, 15) is 19.2 Å². The lowest BCUT2D eigenvalue weighted by atomic mass is 9.97. The van der Waals surface area contributed by atoms with Crippen molar-refractivity contribution in [2.45, 2.75) is 30.6 Å². The number of ether oxygens (including phenoxy) is 5. The maximum atomic E-state index is 13.4. The van der Waals surface area contributed by atoms with Crippen LogP contribution in [0.5, 0.6) is 0 Å². The van der Waals surface area contributed by atoms with Gasteiger partial charge in [0, 0.05) is 0 Å². The van der Waals surface area contributed by atoms with Crippen LogP contribution in [0.3, 0.4) is 0 Å². The van der Waals surface area contributed by atoms with E-state index in [2.05, 4.69) is 10.2 Å². The Balaban J connectivity index is 1.53. The molecule has 11 heteroatoms. The summed E-state index contributed by atoms with van der Waals surface area (Å²) < 4.78 is 29.3. The van der Waals surface area contributed by atoms with Crippen molar-refractivity contribution >= 4 is 41.3 Å². The summed E-state index contributed by atoms with van der Waals surface area (Å²) in [5.41, 5.74) is 0.827. The minimum absolute atomic E-state index is 0.178. The number of carbonyl (C=O) groups excluding carboxylic acids is 4. The highest BCUT2D eigenvalue weighted by Gasteiger charge is 2.53. The molecule has 0 aliphatic carbocycles. The summed E-state index contributed by atoms with van der Waals surface area (Å²) in [7, 11) is 0. The second-order valence-electron chi connectivity index (χ2n) is 9.96. The van der Waals surface area contributed by atoms with Crippen LogP contribution in [0.2, 0.25) is 0 Å². The highest BCUT2D eigenvalue weighted by molar-refractivity contribution is 7.78. The topological polar surface area (TPSA) is 127 Å². The van der Waals surface area contributed by atoms with E-state index in [4.69, 9.17) is 35.9 Å². The molecule has 4 aromatic rings. The van der Waals surface area contributed by atoms with Crippen LogP contribution in [0.25, 0.3) is 0 Å². The van der Waals surface area contributed by atoms with Gasteiger partial charge in [0.15, 0.2) is 24.5 Å². The maximum Gasteiger partial charge on any atom is 0.338 e. The van der Waals surface area contributed by atoms with E-state index in [1.54, 1.807) is 84.9 Å². The van der Waals surface area contributed by atoms with Crippen LogP contribution in [0.1, 0.15) is 41.4 Å². The van der Waals surface area contributed by atoms with Gasteiger partial charge in [-0.1, -0.05) is 72.8 Å². The van der Waals surface area contributed by atoms with Crippen molar-refractivity contribution in [3.63, 3.8) is 0 Å². The molecule has 1 aliphatic heterocycles. The molecule has 4 aromatic carbocycles. The van der Waals surface area contributed by atoms with Gasteiger partial charge in [0.05, 0.1) is 27.4 Å². The lowest BCUT2D eigenvalue weighted by Crippen LogP contribution is -2.62. The first kappa shape index (κ1) is 31.9. The largest absolute Gasteiger partial charge is 0.459 e. The average Bonchev–Trinajstić information content (AvgIpc) is 3.11. The molecule has 1 heterocycles. The Morgan fingerprint density at radius 2 is 0.935 bits per heavy atom. The zero-order valence-corrected chi connectivity index (χ0v) is 25.0. The third-order valence-corrected chi connectivity index (χ3v) is 7.04. The van der Waals surface area contributed by atoms with Crippen molar-refractivity contribution in [2.24, 2.45) is 4.99 Å². The Morgan fingerprint density at radius 3 is 1.35 bits per heavy atom. The van der Waals surface area contributed by atoms with Gasteiger partial charge < -0.3 is 23.7 Å². The molecule has 232 valence electrons. The summed E-state index contributed by atoms with van der Waals surface area (Å²) in [6, 6.07) is 32.5. The van der Waals surface area contributed by atoms with E-state index in [0.717, 1.165) is 0 Å². The number of thiocarbonyl (C=S) groups is 1. The second kappa shape index (κ2) is 15.5. The Hall–Kier alpha value is -5.48. The summed E-state index contributed by atoms with van der Waals surface area (Å²) in [4.78, 5) is 57.0. The van der Waals surface area contributed by atoms with Gasteiger partial charge in [-0.2, -0.15) is 4.99 Å². The lowest BCUT2D eigenvalue weighted by Gasteiger charge is -2.43. The predicted molar refractivity (Wildman–Crippen MR) is 167 cm³/mol. The number of benzene rings is 4. The van der Waals surface area contributed by atoms with Crippen LogP contribution < -0.4 is 0 Å². The van der Waals surface area contributed by atoms with Crippen LogP contribution in [-0.4, -0.2) is 66.3 Å². The zero-order valence-electron chi connectivity index (χ0n) is 24.2. The minimum Gasteiger partial charge on any atom is -0.459 e. The number of hydrogen-bond donors (Lipinski definition) is 0. The van der Waals surface area contributed by atoms with E-state index in [1.807, 2.05) is 0 Å². The number of esters is 4. The number of aliphatic imine (C=N–C) groups is 1. The van der Waals surface area contributed by atoms with Crippen molar-refractivity contribution in [2.75, 3.05) is 6.61 Å². The monoisotopic (exact) mass is 637 g/mol. The molecule has 10 nitrogen and oxygen atoms in total. The fraction of sp³-hybridized carbons (Fsp3) is 0.171.